The van der Waals surface area contributed by atoms with E-state index in [2.05, 4.69) is 166 Å². The molecule has 4 heterocycles. The fourth-order valence-corrected chi connectivity index (χ4v) is 9.35. The summed E-state index contributed by atoms with van der Waals surface area (Å²) in [7, 11) is 0. The predicted octanol–water partition coefficient (Wildman–Crippen LogP) is 7.94. The second-order valence-corrected chi connectivity index (χ2v) is 13.8. The Bertz CT molecular complexity index is 1950. The number of nitrogens with zero attached hydrogens (tertiary/aromatic N) is 2. The summed E-state index contributed by atoms with van der Waals surface area (Å²) < 4.78 is 5.16. The largest absolute Gasteiger partial charge is 0.251 e. The molecule has 0 aliphatic carbocycles. The first-order valence-corrected chi connectivity index (χ1v) is 17.3. The van der Waals surface area contributed by atoms with E-state index in [9.17, 15) is 0 Å². The van der Waals surface area contributed by atoms with Gasteiger partial charge in [0.15, 0.2) is 17.9 Å². The van der Waals surface area contributed by atoms with Crippen LogP contribution in [0.2, 0.25) is 0 Å². The highest BCUT2D eigenvalue weighted by molar-refractivity contribution is 7.03. The van der Waals surface area contributed by atoms with E-state index in [1.54, 1.807) is 5.57 Å². The van der Waals surface area contributed by atoms with E-state index in [0.29, 0.717) is 0 Å². The van der Waals surface area contributed by atoms with Crippen LogP contribution in [0, 0.1) is 26.2 Å². The van der Waals surface area contributed by atoms with Gasteiger partial charge >= 0.3 is 0 Å². The van der Waals surface area contributed by atoms with Gasteiger partial charge in [0, 0.05) is 55.1 Å². The highest BCUT2D eigenvalue weighted by Crippen LogP contribution is 2.59. The van der Waals surface area contributed by atoms with Crippen molar-refractivity contribution in [3.8, 4) is 11.3 Å². The van der Waals surface area contributed by atoms with Gasteiger partial charge in [-0.3, -0.25) is 0 Å². The Morgan fingerprint density at radius 1 is 0.630 bits per heavy atom. The van der Waals surface area contributed by atoms with Gasteiger partial charge in [0.1, 0.15) is 6.54 Å². The number of aryl methyl sites for hydroxylation is 4. The van der Waals surface area contributed by atoms with Crippen molar-refractivity contribution in [1.82, 2.24) is 0 Å². The summed E-state index contributed by atoms with van der Waals surface area (Å²) in [5.41, 5.74) is 15.5. The minimum Gasteiger partial charge on any atom is -0.198 e. The normalized spacial score (nSPS) is 20.0. The monoisotopic (exact) mass is 602 g/mol. The molecule has 0 saturated carbocycles. The molecule has 2 aliphatic heterocycles. The van der Waals surface area contributed by atoms with E-state index >= 15 is 0 Å². The van der Waals surface area contributed by atoms with Crippen molar-refractivity contribution in [3.63, 3.8) is 0 Å². The van der Waals surface area contributed by atoms with Crippen LogP contribution >= 0.6 is 0 Å². The smallest absolute Gasteiger partial charge is 0.198 e. The SMILES string of the molecule is CCC1(CCC[n+]2ccccc2-c2ccccc2C)C2=C(B(c3c(C)cccc3C)c3ccccc32)c2cccc[n+]2C1(C)CC. The lowest BCUT2D eigenvalue weighted by Gasteiger charge is -2.49. The van der Waals surface area contributed by atoms with Crippen molar-refractivity contribution in [2.24, 2.45) is 5.41 Å². The summed E-state index contributed by atoms with van der Waals surface area (Å²) >= 11 is 0. The van der Waals surface area contributed by atoms with Gasteiger partial charge in [-0.1, -0.05) is 96.6 Å². The number of aromatic nitrogens is 2. The number of rotatable bonds is 8. The molecule has 46 heavy (non-hydrogen) atoms. The van der Waals surface area contributed by atoms with Crippen LogP contribution in [0.5, 0.6) is 0 Å². The Labute approximate surface area is 276 Å². The lowest BCUT2D eigenvalue weighted by Crippen LogP contribution is -2.68. The van der Waals surface area contributed by atoms with Gasteiger partial charge in [-0.05, 0) is 68.5 Å². The first kappa shape index (κ1) is 30.4. The summed E-state index contributed by atoms with van der Waals surface area (Å²) in [6.07, 6.45) is 9.04. The number of hydrogen-bond donors (Lipinski definition) is 0. The van der Waals surface area contributed by atoms with E-state index in [1.165, 1.54) is 55.6 Å². The van der Waals surface area contributed by atoms with Crippen molar-refractivity contribution in [1.29, 1.82) is 0 Å². The third-order valence-electron chi connectivity index (χ3n) is 11.8. The molecular weight excluding hydrogens is 555 g/mol. The maximum Gasteiger partial charge on any atom is 0.251 e. The average Bonchev–Trinajstić information content (AvgIpc) is 3.42. The number of fused-ring (bicyclic) bond motifs is 4. The molecule has 0 N–H and O–H groups in total. The molecule has 7 rings (SSSR count). The van der Waals surface area contributed by atoms with Crippen LogP contribution in [0.4, 0.5) is 0 Å². The van der Waals surface area contributed by atoms with Crippen molar-refractivity contribution in [2.45, 2.75) is 79.3 Å². The second-order valence-electron chi connectivity index (χ2n) is 13.8. The van der Waals surface area contributed by atoms with Crippen LogP contribution in [-0.4, -0.2) is 6.71 Å². The maximum absolute atomic E-state index is 2.68. The number of hydrogen-bond acceptors (Lipinski definition) is 0. The molecule has 2 nitrogen and oxygen atoms in total. The van der Waals surface area contributed by atoms with Crippen molar-refractivity contribution in [3.05, 3.63) is 143 Å². The highest BCUT2D eigenvalue weighted by Gasteiger charge is 2.63. The van der Waals surface area contributed by atoms with E-state index in [1.807, 2.05) is 0 Å². The van der Waals surface area contributed by atoms with Gasteiger partial charge in [0.05, 0.1) is 5.41 Å². The minimum absolute atomic E-state index is 0.0320. The van der Waals surface area contributed by atoms with Crippen LogP contribution < -0.4 is 20.1 Å². The van der Waals surface area contributed by atoms with Gasteiger partial charge in [-0.15, -0.1) is 0 Å². The predicted molar refractivity (Wildman–Crippen MR) is 194 cm³/mol. The molecule has 0 fully saturated rings. The zero-order valence-corrected chi connectivity index (χ0v) is 28.5. The standard InChI is InChI=1S/C43H47BN2/c1-7-42(6)43(8-2,27-18-29-45-28-15-13-25-37(45)34-22-10-9-19-31(34)3)39-35-23-11-12-24-36(35)44(40-32(4)20-17-21-33(40)5)41(39)38-26-14-16-30-46(38)42/h9-17,19-26,28,30H,7-8,18,27,29H2,1-6H3/q+2. The molecule has 2 aliphatic rings. The quantitative estimate of drug-likeness (QED) is 0.126. The van der Waals surface area contributed by atoms with Crippen LogP contribution in [0.3, 0.4) is 0 Å². The van der Waals surface area contributed by atoms with E-state index < -0.39 is 0 Å². The molecule has 3 heteroatoms. The first-order valence-electron chi connectivity index (χ1n) is 17.3. The van der Waals surface area contributed by atoms with Crippen molar-refractivity contribution < 1.29 is 9.13 Å². The summed E-state index contributed by atoms with van der Waals surface area (Å²) in [6.45, 7) is 15.5. The molecule has 2 atom stereocenters. The molecule has 0 spiro atoms. The molecule has 0 saturated heterocycles. The Balaban J connectivity index is 1.41. The zero-order chi connectivity index (χ0) is 32.1. The van der Waals surface area contributed by atoms with Crippen LogP contribution in [0.1, 0.15) is 74.4 Å². The van der Waals surface area contributed by atoms with Crippen molar-refractivity contribution in [2.75, 3.05) is 0 Å². The molecule has 3 aromatic carbocycles. The number of allylic oxidation sites excluding steroid dienone is 1. The van der Waals surface area contributed by atoms with E-state index in [-0.39, 0.29) is 17.7 Å². The molecular formula is C43H47BN2+2. The molecule has 0 radical (unpaired) electrons. The molecule has 5 aromatic rings. The summed E-state index contributed by atoms with van der Waals surface area (Å²) in [5.74, 6) is 0. The zero-order valence-electron chi connectivity index (χ0n) is 28.5. The van der Waals surface area contributed by atoms with Crippen LogP contribution in [-0.2, 0) is 12.1 Å². The first-order chi connectivity index (χ1) is 22.4. The minimum atomic E-state index is -0.0693. The van der Waals surface area contributed by atoms with Crippen molar-refractivity contribution >= 4 is 28.7 Å². The lowest BCUT2D eigenvalue weighted by molar-refractivity contribution is -0.779. The van der Waals surface area contributed by atoms with Gasteiger partial charge < -0.3 is 0 Å². The fourth-order valence-electron chi connectivity index (χ4n) is 9.35. The molecule has 2 aromatic heterocycles. The topological polar surface area (TPSA) is 7.76 Å². The molecule has 0 amide bonds. The maximum atomic E-state index is 2.68. The molecule has 0 bridgehead atoms. The van der Waals surface area contributed by atoms with Gasteiger partial charge in [-0.2, -0.15) is 9.13 Å². The summed E-state index contributed by atoms with van der Waals surface area (Å²) in [4.78, 5) is 0. The third kappa shape index (κ3) is 4.46. The van der Waals surface area contributed by atoms with Gasteiger partial charge in [0.2, 0.25) is 11.4 Å². The molecule has 2 unspecified atom stereocenters. The van der Waals surface area contributed by atoms with Crippen LogP contribution in [0.25, 0.3) is 22.3 Å². The Morgan fingerprint density at radius 2 is 1.26 bits per heavy atom. The van der Waals surface area contributed by atoms with E-state index in [4.69, 9.17) is 0 Å². The Hall–Kier alpha value is -4.24. The lowest BCUT2D eigenvalue weighted by atomic mass is 9.35. The highest BCUT2D eigenvalue weighted by atomic mass is 15.1. The second kappa shape index (κ2) is 11.8. The molecule has 230 valence electrons. The summed E-state index contributed by atoms with van der Waals surface area (Å²) in [6, 6.07) is 38.5. The van der Waals surface area contributed by atoms with Crippen LogP contribution in [0.15, 0.2) is 116 Å². The number of benzene rings is 3. The Morgan fingerprint density at radius 3 is 1.98 bits per heavy atom. The van der Waals surface area contributed by atoms with Gasteiger partial charge in [0.25, 0.3) is 6.71 Å². The van der Waals surface area contributed by atoms with Gasteiger partial charge in [-0.25, -0.2) is 0 Å². The van der Waals surface area contributed by atoms with E-state index in [0.717, 1.165) is 32.2 Å². The summed E-state index contributed by atoms with van der Waals surface area (Å²) in [5, 5.41) is 0. The Kier molecular flexibility index (Phi) is 7.83. The fraction of sp³-hybridized carbons (Fsp3) is 0.302. The average molecular weight is 603 g/mol. The third-order valence-corrected chi connectivity index (χ3v) is 11.8. The number of pyridine rings is 2.